The molecule has 0 amide bonds. The maximum atomic E-state index is 14.4. The number of anilines is 1. The molecule has 0 aliphatic heterocycles. The molecule has 1 heterocycles. The van der Waals surface area contributed by atoms with Crippen molar-refractivity contribution in [3.05, 3.63) is 63.9 Å². The molecule has 0 saturated carbocycles. The quantitative estimate of drug-likeness (QED) is 0.464. The fraction of sp³-hybridized carbons (Fsp3) is 0.158. The van der Waals surface area contributed by atoms with Crippen LogP contribution >= 0.6 is 35.1 Å². The lowest BCUT2D eigenvalue weighted by molar-refractivity contribution is 0.306. The number of methoxy groups -OCH3 is 1. The molecular weight excluding hydrogens is 424 g/mol. The van der Waals surface area contributed by atoms with E-state index in [2.05, 4.69) is 14.9 Å². The first-order valence-corrected chi connectivity index (χ1v) is 10.1. The molecule has 0 aliphatic carbocycles. The van der Waals surface area contributed by atoms with E-state index in [1.807, 2.05) is 6.26 Å². The first-order valence-electron chi connectivity index (χ1n) is 8.08. The van der Waals surface area contributed by atoms with E-state index in [0.29, 0.717) is 33.1 Å². The van der Waals surface area contributed by atoms with Gasteiger partial charge in [0.25, 0.3) is 5.88 Å². The van der Waals surface area contributed by atoms with Gasteiger partial charge in [-0.25, -0.2) is 4.39 Å². The summed E-state index contributed by atoms with van der Waals surface area (Å²) >= 11 is 13.4. The summed E-state index contributed by atoms with van der Waals surface area (Å²) in [5.74, 6) is 0.362. The van der Waals surface area contributed by atoms with Crippen LogP contribution in [0.2, 0.25) is 10.0 Å². The number of nitrogens with one attached hydrogen (secondary N) is 1. The smallest absolute Gasteiger partial charge is 0.257 e. The predicted molar refractivity (Wildman–Crippen MR) is 112 cm³/mol. The zero-order chi connectivity index (χ0) is 20.1. The molecule has 1 N–H and O–H groups in total. The maximum Gasteiger partial charge on any atom is 0.257 e. The average Bonchev–Trinajstić information content (AvgIpc) is 2.67. The number of rotatable bonds is 7. The summed E-state index contributed by atoms with van der Waals surface area (Å²) in [5, 5.41) is 9.09. The molecular formula is C19H16Cl2FN3O2S. The highest BCUT2D eigenvalue weighted by atomic mass is 35.5. The Morgan fingerprint density at radius 2 is 1.82 bits per heavy atom. The molecule has 0 aliphatic rings. The first-order chi connectivity index (χ1) is 13.5. The molecule has 0 radical (unpaired) electrons. The molecule has 3 rings (SSSR count). The third-order valence-electron chi connectivity index (χ3n) is 3.71. The lowest BCUT2D eigenvalue weighted by Crippen LogP contribution is -2.00. The Kier molecular flexibility index (Phi) is 6.83. The van der Waals surface area contributed by atoms with Gasteiger partial charge < -0.3 is 14.2 Å². The van der Waals surface area contributed by atoms with Crippen LogP contribution < -0.4 is 14.2 Å². The SMILES string of the molecule is COc1nnc(-c2cc(OCc3cc(Cl)cc(Cl)c3)ccc2F)cc1NSC. The largest absolute Gasteiger partial charge is 0.489 e. The molecule has 146 valence electrons. The van der Waals surface area contributed by atoms with E-state index >= 15 is 0 Å². The van der Waals surface area contributed by atoms with Crippen LogP contribution in [-0.4, -0.2) is 23.6 Å². The highest BCUT2D eigenvalue weighted by molar-refractivity contribution is 7.99. The molecule has 0 unspecified atom stereocenters. The van der Waals surface area contributed by atoms with Gasteiger partial charge in [0.2, 0.25) is 0 Å². The van der Waals surface area contributed by atoms with Gasteiger partial charge in [-0.2, -0.15) is 0 Å². The molecule has 0 bridgehead atoms. The van der Waals surface area contributed by atoms with Gasteiger partial charge in [-0.15, -0.1) is 10.2 Å². The molecule has 1 aromatic heterocycles. The minimum absolute atomic E-state index is 0.235. The Bertz CT molecular complexity index is 971. The number of aromatic nitrogens is 2. The molecule has 9 heteroatoms. The summed E-state index contributed by atoms with van der Waals surface area (Å²) in [4.78, 5) is 0. The summed E-state index contributed by atoms with van der Waals surface area (Å²) in [6.45, 7) is 0.235. The van der Waals surface area contributed by atoms with Crippen LogP contribution in [0.1, 0.15) is 5.56 Å². The van der Waals surface area contributed by atoms with Crippen LogP contribution in [0.25, 0.3) is 11.3 Å². The standard InChI is InChI=1S/C19H16Cl2FN3O2S/c1-26-19-18(25-28-2)9-17(23-24-19)15-8-14(3-4-16(15)22)27-10-11-5-12(20)7-13(21)6-11/h3-9H,10H2,1-2H3,(H,23,25). The van der Waals surface area contributed by atoms with Crippen molar-refractivity contribution >= 4 is 40.8 Å². The third-order valence-corrected chi connectivity index (χ3v) is 4.57. The van der Waals surface area contributed by atoms with E-state index in [0.717, 1.165) is 5.56 Å². The number of halogens is 3. The second-order valence-corrected chi connectivity index (χ2v) is 7.15. The minimum atomic E-state index is -0.437. The molecule has 2 aromatic carbocycles. The van der Waals surface area contributed by atoms with Crippen LogP contribution in [0, 0.1) is 5.82 Å². The van der Waals surface area contributed by atoms with E-state index in [-0.39, 0.29) is 12.2 Å². The van der Waals surface area contributed by atoms with Crippen LogP contribution in [-0.2, 0) is 6.61 Å². The van der Waals surface area contributed by atoms with E-state index in [9.17, 15) is 4.39 Å². The zero-order valence-corrected chi connectivity index (χ0v) is 17.3. The third kappa shape index (κ3) is 4.98. The number of ether oxygens (including phenoxy) is 2. The van der Waals surface area contributed by atoms with Gasteiger partial charge in [0.1, 0.15) is 23.9 Å². The number of hydrogen-bond acceptors (Lipinski definition) is 6. The van der Waals surface area contributed by atoms with Crippen molar-refractivity contribution in [2.75, 3.05) is 18.1 Å². The lowest BCUT2D eigenvalue weighted by Gasteiger charge is -2.11. The number of hydrogen-bond donors (Lipinski definition) is 1. The zero-order valence-electron chi connectivity index (χ0n) is 15.0. The molecule has 0 fully saturated rings. The van der Waals surface area contributed by atoms with Crippen molar-refractivity contribution in [3.63, 3.8) is 0 Å². The van der Waals surface area contributed by atoms with Crippen molar-refractivity contribution in [1.82, 2.24) is 10.2 Å². The molecule has 0 spiro atoms. The van der Waals surface area contributed by atoms with Crippen molar-refractivity contribution in [1.29, 1.82) is 0 Å². The van der Waals surface area contributed by atoms with Gasteiger partial charge in [0, 0.05) is 21.9 Å². The topological polar surface area (TPSA) is 56.3 Å². The fourth-order valence-electron chi connectivity index (χ4n) is 2.50. The summed E-state index contributed by atoms with van der Waals surface area (Å²) in [6.07, 6.45) is 1.86. The number of nitrogens with zero attached hydrogens (tertiary/aromatic N) is 2. The van der Waals surface area contributed by atoms with Gasteiger partial charge in [-0.1, -0.05) is 35.1 Å². The summed E-state index contributed by atoms with van der Waals surface area (Å²) in [7, 11) is 1.49. The van der Waals surface area contributed by atoms with E-state index in [4.69, 9.17) is 32.7 Å². The van der Waals surface area contributed by atoms with E-state index in [1.165, 1.54) is 25.1 Å². The molecule has 0 atom stereocenters. The van der Waals surface area contributed by atoms with E-state index in [1.54, 1.807) is 36.4 Å². The van der Waals surface area contributed by atoms with Gasteiger partial charge in [-0.3, -0.25) is 0 Å². The fourth-order valence-corrected chi connectivity index (χ4v) is 3.43. The first kappa shape index (κ1) is 20.5. The Labute approximate surface area is 176 Å². The Hall–Kier alpha value is -2.22. The Morgan fingerprint density at radius 3 is 2.50 bits per heavy atom. The normalized spacial score (nSPS) is 10.6. The highest BCUT2D eigenvalue weighted by Gasteiger charge is 2.13. The number of benzene rings is 2. The minimum Gasteiger partial charge on any atom is -0.489 e. The van der Waals surface area contributed by atoms with Crippen molar-refractivity contribution in [3.8, 4) is 22.9 Å². The molecule has 28 heavy (non-hydrogen) atoms. The lowest BCUT2D eigenvalue weighted by atomic mass is 10.1. The Morgan fingerprint density at radius 1 is 1.07 bits per heavy atom. The second-order valence-electron chi connectivity index (χ2n) is 5.67. The maximum absolute atomic E-state index is 14.4. The second kappa shape index (κ2) is 9.32. The highest BCUT2D eigenvalue weighted by Crippen LogP contribution is 2.31. The molecule has 3 aromatic rings. The summed E-state index contributed by atoms with van der Waals surface area (Å²) in [5.41, 5.74) is 2.02. The van der Waals surface area contributed by atoms with Crippen molar-refractivity contribution in [2.45, 2.75) is 6.61 Å². The van der Waals surface area contributed by atoms with Gasteiger partial charge in [-0.05, 0) is 48.0 Å². The Balaban J connectivity index is 1.86. The van der Waals surface area contributed by atoms with Gasteiger partial charge in [0.15, 0.2) is 0 Å². The monoisotopic (exact) mass is 439 g/mol. The van der Waals surface area contributed by atoms with Crippen molar-refractivity contribution in [2.24, 2.45) is 0 Å². The average molecular weight is 440 g/mol. The summed E-state index contributed by atoms with van der Waals surface area (Å²) in [6, 6.07) is 11.3. The van der Waals surface area contributed by atoms with Crippen molar-refractivity contribution < 1.29 is 13.9 Å². The van der Waals surface area contributed by atoms with Crippen LogP contribution in [0.5, 0.6) is 11.6 Å². The predicted octanol–water partition coefficient (Wildman–Crippen LogP) is 5.87. The van der Waals surface area contributed by atoms with Gasteiger partial charge >= 0.3 is 0 Å². The van der Waals surface area contributed by atoms with E-state index < -0.39 is 5.82 Å². The van der Waals surface area contributed by atoms with Crippen LogP contribution in [0.4, 0.5) is 10.1 Å². The summed E-state index contributed by atoms with van der Waals surface area (Å²) < 4.78 is 28.4. The molecule has 5 nitrogen and oxygen atoms in total. The van der Waals surface area contributed by atoms with Gasteiger partial charge in [0.05, 0.1) is 12.8 Å². The van der Waals surface area contributed by atoms with Crippen LogP contribution in [0.3, 0.4) is 0 Å². The molecule has 0 saturated heterocycles. The van der Waals surface area contributed by atoms with Crippen LogP contribution in [0.15, 0.2) is 42.5 Å².